The van der Waals surface area contributed by atoms with Crippen molar-refractivity contribution in [2.24, 2.45) is 5.73 Å². The van der Waals surface area contributed by atoms with Gasteiger partial charge in [0.2, 0.25) is 5.91 Å². The quantitative estimate of drug-likeness (QED) is 0.888. The minimum Gasteiger partial charge on any atom is -0.390 e. The van der Waals surface area contributed by atoms with Crippen molar-refractivity contribution in [1.29, 1.82) is 0 Å². The van der Waals surface area contributed by atoms with Crippen LogP contribution in [0.5, 0.6) is 0 Å². The Morgan fingerprint density at radius 3 is 2.63 bits per heavy atom. The maximum atomic E-state index is 11.1. The molecule has 0 unspecified atom stereocenters. The predicted molar refractivity (Wildman–Crippen MR) is 75.1 cm³/mol. The number of nitrogens with zero attached hydrogens (tertiary/aromatic N) is 1. The number of aliphatic hydroxyl groups is 1. The zero-order valence-electron chi connectivity index (χ0n) is 11.0. The van der Waals surface area contributed by atoms with E-state index < -0.39 is 11.5 Å². The first-order valence-corrected chi connectivity index (χ1v) is 6.78. The molecule has 5 heteroatoms. The van der Waals surface area contributed by atoms with E-state index >= 15 is 0 Å². The SMILES string of the molecule is CC1(O)CCN(Cc2ccc(C(N)=O)cc2Cl)CC1. The summed E-state index contributed by atoms with van der Waals surface area (Å²) >= 11 is 6.16. The Kier molecular flexibility index (Phi) is 4.13. The second-order valence-electron chi connectivity index (χ2n) is 5.44. The minimum absolute atomic E-state index is 0.426. The second-order valence-corrected chi connectivity index (χ2v) is 5.85. The van der Waals surface area contributed by atoms with Gasteiger partial charge in [0, 0.05) is 30.2 Å². The highest BCUT2D eigenvalue weighted by Gasteiger charge is 2.27. The van der Waals surface area contributed by atoms with Crippen molar-refractivity contribution in [3.05, 3.63) is 34.3 Å². The number of nitrogens with two attached hydrogens (primary N) is 1. The molecular weight excluding hydrogens is 264 g/mol. The van der Waals surface area contributed by atoms with Gasteiger partial charge in [0.1, 0.15) is 0 Å². The van der Waals surface area contributed by atoms with Gasteiger partial charge < -0.3 is 10.8 Å². The van der Waals surface area contributed by atoms with Crippen molar-refractivity contribution in [2.75, 3.05) is 13.1 Å². The summed E-state index contributed by atoms with van der Waals surface area (Å²) in [5.41, 5.74) is 6.07. The Hall–Kier alpha value is -1.10. The molecule has 1 saturated heterocycles. The third-order valence-electron chi connectivity index (χ3n) is 3.66. The lowest BCUT2D eigenvalue weighted by atomic mass is 9.93. The Labute approximate surface area is 118 Å². The van der Waals surface area contributed by atoms with E-state index in [1.165, 1.54) is 0 Å². The van der Waals surface area contributed by atoms with E-state index in [4.69, 9.17) is 17.3 Å². The van der Waals surface area contributed by atoms with Crippen molar-refractivity contribution in [2.45, 2.75) is 31.9 Å². The summed E-state index contributed by atoms with van der Waals surface area (Å²) in [6.45, 7) is 4.30. The number of primary amides is 1. The molecule has 1 aromatic rings. The van der Waals surface area contributed by atoms with Crippen molar-refractivity contribution in [1.82, 2.24) is 4.90 Å². The van der Waals surface area contributed by atoms with Crippen LogP contribution in [0.1, 0.15) is 35.7 Å². The largest absolute Gasteiger partial charge is 0.390 e. The van der Waals surface area contributed by atoms with E-state index in [0.29, 0.717) is 10.6 Å². The summed E-state index contributed by atoms with van der Waals surface area (Å²) in [6, 6.07) is 5.15. The Bertz CT molecular complexity index is 478. The van der Waals surface area contributed by atoms with Crippen LogP contribution in [0, 0.1) is 0 Å². The van der Waals surface area contributed by atoms with Crippen LogP contribution in [-0.2, 0) is 6.54 Å². The first-order chi connectivity index (χ1) is 8.87. The number of benzene rings is 1. The second kappa shape index (κ2) is 5.49. The lowest BCUT2D eigenvalue weighted by molar-refractivity contribution is -0.00729. The van der Waals surface area contributed by atoms with Crippen molar-refractivity contribution < 1.29 is 9.90 Å². The van der Waals surface area contributed by atoms with Crippen LogP contribution < -0.4 is 5.73 Å². The van der Waals surface area contributed by atoms with Crippen LogP contribution >= 0.6 is 11.6 Å². The van der Waals surface area contributed by atoms with E-state index in [2.05, 4.69) is 4.90 Å². The third-order valence-corrected chi connectivity index (χ3v) is 4.02. The van der Waals surface area contributed by atoms with Gasteiger partial charge in [-0.05, 0) is 37.5 Å². The molecule has 2 rings (SSSR count). The lowest BCUT2D eigenvalue weighted by Gasteiger charge is -2.35. The highest BCUT2D eigenvalue weighted by atomic mass is 35.5. The normalized spacial score (nSPS) is 19.3. The molecule has 0 aliphatic carbocycles. The fraction of sp³-hybridized carbons (Fsp3) is 0.500. The van der Waals surface area contributed by atoms with Gasteiger partial charge in [0.25, 0.3) is 0 Å². The van der Waals surface area contributed by atoms with Gasteiger partial charge >= 0.3 is 0 Å². The first kappa shape index (κ1) is 14.3. The van der Waals surface area contributed by atoms with E-state index in [1.807, 2.05) is 13.0 Å². The topological polar surface area (TPSA) is 66.6 Å². The van der Waals surface area contributed by atoms with Crippen molar-refractivity contribution in [3.63, 3.8) is 0 Å². The van der Waals surface area contributed by atoms with Gasteiger partial charge in [-0.2, -0.15) is 0 Å². The minimum atomic E-state index is -0.546. The standard InChI is InChI=1S/C14H19ClN2O2/c1-14(19)4-6-17(7-5-14)9-11-3-2-10(13(16)18)8-12(11)15/h2-3,8,19H,4-7,9H2,1H3,(H2,16,18). The van der Waals surface area contributed by atoms with E-state index in [9.17, 15) is 9.90 Å². The number of halogens is 1. The molecule has 3 N–H and O–H groups in total. The fourth-order valence-corrected chi connectivity index (χ4v) is 2.50. The number of hydrogen-bond donors (Lipinski definition) is 2. The van der Waals surface area contributed by atoms with Gasteiger partial charge in [-0.1, -0.05) is 17.7 Å². The summed E-state index contributed by atoms with van der Waals surface area (Å²) in [6.07, 6.45) is 1.54. The molecule has 0 radical (unpaired) electrons. The van der Waals surface area contributed by atoms with E-state index in [0.717, 1.165) is 38.0 Å². The number of piperidine rings is 1. The molecule has 1 fully saturated rings. The molecule has 0 spiro atoms. The molecule has 0 bridgehead atoms. The molecule has 4 nitrogen and oxygen atoms in total. The first-order valence-electron chi connectivity index (χ1n) is 6.40. The lowest BCUT2D eigenvalue weighted by Crippen LogP contribution is -2.42. The Morgan fingerprint density at radius 1 is 1.47 bits per heavy atom. The maximum absolute atomic E-state index is 11.1. The van der Waals surface area contributed by atoms with Gasteiger partial charge in [0.05, 0.1) is 5.60 Å². The molecule has 0 saturated carbocycles. The number of hydrogen-bond acceptors (Lipinski definition) is 3. The molecule has 1 aliphatic rings. The molecule has 0 aromatic heterocycles. The van der Waals surface area contributed by atoms with Gasteiger partial charge in [-0.25, -0.2) is 0 Å². The summed E-state index contributed by atoms with van der Waals surface area (Å²) in [5, 5.41) is 10.5. The van der Waals surface area contributed by atoms with Crippen LogP contribution in [-0.4, -0.2) is 34.6 Å². The number of amides is 1. The summed E-state index contributed by atoms with van der Waals surface area (Å²) in [7, 11) is 0. The zero-order valence-corrected chi connectivity index (χ0v) is 11.8. The van der Waals surface area contributed by atoms with Crippen molar-refractivity contribution >= 4 is 17.5 Å². The fourth-order valence-electron chi connectivity index (χ4n) is 2.26. The highest BCUT2D eigenvalue weighted by molar-refractivity contribution is 6.31. The summed E-state index contributed by atoms with van der Waals surface area (Å²) in [5.74, 6) is -0.470. The van der Waals surface area contributed by atoms with Crippen LogP contribution in [0.15, 0.2) is 18.2 Å². The van der Waals surface area contributed by atoms with Gasteiger partial charge in [-0.3, -0.25) is 9.69 Å². The van der Waals surface area contributed by atoms with Gasteiger partial charge in [0.15, 0.2) is 0 Å². The Morgan fingerprint density at radius 2 is 2.11 bits per heavy atom. The molecule has 19 heavy (non-hydrogen) atoms. The molecular formula is C14H19ClN2O2. The van der Waals surface area contributed by atoms with E-state index in [1.54, 1.807) is 12.1 Å². The van der Waals surface area contributed by atoms with Crippen LogP contribution in [0.2, 0.25) is 5.02 Å². The highest BCUT2D eigenvalue weighted by Crippen LogP contribution is 2.25. The van der Waals surface area contributed by atoms with E-state index in [-0.39, 0.29) is 0 Å². The molecule has 1 aromatic carbocycles. The average molecular weight is 283 g/mol. The van der Waals surface area contributed by atoms with Crippen LogP contribution in [0.4, 0.5) is 0 Å². The van der Waals surface area contributed by atoms with Crippen LogP contribution in [0.3, 0.4) is 0 Å². The molecule has 1 amide bonds. The molecule has 1 aliphatic heterocycles. The average Bonchev–Trinajstić information content (AvgIpc) is 2.34. The number of carbonyl (C=O) groups excluding carboxylic acids is 1. The zero-order chi connectivity index (χ0) is 14.0. The van der Waals surface area contributed by atoms with Crippen LogP contribution in [0.25, 0.3) is 0 Å². The Balaban J connectivity index is 2.02. The summed E-state index contributed by atoms with van der Waals surface area (Å²) in [4.78, 5) is 13.3. The smallest absolute Gasteiger partial charge is 0.248 e. The van der Waals surface area contributed by atoms with Gasteiger partial charge in [-0.15, -0.1) is 0 Å². The number of likely N-dealkylation sites (tertiary alicyclic amines) is 1. The monoisotopic (exact) mass is 282 g/mol. The maximum Gasteiger partial charge on any atom is 0.248 e. The summed E-state index contributed by atoms with van der Waals surface area (Å²) < 4.78 is 0. The third kappa shape index (κ3) is 3.69. The number of carbonyl (C=O) groups is 1. The van der Waals surface area contributed by atoms with Crippen molar-refractivity contribution in [3.8, 4) is 0 Å². The molecule has 1 heterocycles. The predicted octanol–water partition coefficient (Wildman–Crippen LogP) is 1.79. The molecule has 0 atom stereocenters. The molecule has 104 valence electrons. The number of rotatable bonds is 3.